The number of para-hydroxylation sites is 2. The smallest absolute Gasteiger partial charge is 0.185 e. The summed E-state index contributed by atoms with van der Waals surface area (Å²) in [5.41, 5.74) is 5.05. The Hall–Kier alpha value is -3.62. The van der Waals surface area contributed by atoms with Crippen molar-refractivity contribution < 1.29 is 4.79 Å². The van der Waals surface area contributed by atoms with Gasteiger partial charge in [0, 0.05) is 27.0 Å². The fraction of sp³-hybridized carbons (Fsp3) is 0. The normalized spacial score (nSPS) is 11.5. The molecule has 0 radical (unpaired) electrons. The molecule has 144 valence electrons. The van der Waals surface area contributed by atoms with Crippen molar-refractivity contribution in [2.75, 3.05) is 0 Å². The maximum absolute atomic E-state index is 12.3. The van der Waals surface area contributed by atoms with Gasteiger partial charge in [0.05, 0.1) is 11.0 Å². The molecule has 0 aliphatic heterocycles. The van der Waals surface area contributed by atoms with E-state index in [1.54, 1.807) is 30.3 Å². The van der Waals surface area contributed by atoms with Crippen LogP contribution in [0.1, 0.15) is 15.9 Å². The van der Waals surface area contributed by atoms with Crippen LogP contribution in [-0.2, 0) is 0 Å². The molecule has 5 aromatic rings. The summed E-state index contributed by atoms with van der Waals surface area (Å²) in [5, 5.41) is 3.10. The Kier molecular flexibility index (Phi) is 4.70. The molecule has 0 fully saturated rings. The van der Waals surface area contributed by atoms with Crippen molar-refractivity contribution in [1.82, 2.24) is 4.57 Å². The maximum atomic E-state index is 12.3. The van der Waals surface area contributed by atoms with Gasteiger partial charge in [0.2, 0.25) is 0 Å². The molecule has 0 amide bonds. The zero-order valence-electron chi connectivity index (χ0n) is 16.1. The van der Waals surface area contributed by atoms with Crippen LogP contribution in [0, 0.1) is 0 Å². The molecule has 0 N–H and O–H groups in total. The Bertz CT molecular complexity index is 1340. The summed E-state index contributed by atoms with van der Waals surface area (Å²) < 4.78 is 2.27. The molecule has 1 heterocycles. The van der Waals surface area contributed by atoms with Crippen LogP contribution < -0.4 is 0 Å². The maximum Gasteiger partial charge on any atom is 0.185 e. The highest BCUT2D eigenvalue weighted by atomic mass is 35.5. The van der Waals surface area contributed by atoms with Gasteiger partial charge in [0.1, 0.15) is 0 Å². The zero-order chi connectivity index (χ0) is 20.5. The van der Waals surface area contributed by atoms with Crippen LogP contribution in [0.25, 0.3) is 33.6 Å². The molecule has 30 heavy (non-hydrogen) atoms. The van der Waals surface area contributed by atoms with Crippen molar-refractivity contribution in [2.45, 2.75) is 0 Å². The summed E-state index contributed by atoms with van der Waals surface area (Å²) in [5.74, 6) is -0.0434. The molecule has 0 aliphatic carbocycles. The van der Waals surface area contributed by atoms with E-state index < -0.39 is 0 Å². The third-order valence-corrected chi connectivity index (χ3v) is 5.54. The molecule has 1 aromatic heterocycles. The molecule has 0 atom stereocenters. The van der Waals surface area contributed by atoms with Gasteiger partial charge in [-0.2, -0.15) is 0 Å². The molecule has 0 saturated heterocycles. The van der Waals surface area contributed by atoms with Crippen molar-refractivity contribution in [1.29, 1.82) is 0 Å². The number of halogens is 1. The minimum atomic E-state index is -0.0434. The summed E-state index contributed by atoms with van der Waals surface area (Å²) >= 11 is 5.89. The molecule has 0 saturated carbocycles. The quantitative estimate of drug-likeness (QED) is 0.226. The number of ketones is 1. The van der Waals surface area contributed by atoms with Crippen molar-refractivity contribution in [3.63, 3.8) is 0 Å². The van der Waals surface area contributed by atoms with Crippen LogP contribution >= 0.6 is 11.6 Å². The molecule has 0 aliphatic rings. The predicted octanol–water partition coefficient (Wildman–Crippen LogP) is 7.33. The molecule has 0 spiro atoms. The van der Waals surface area contributed by atoms with Gasteiger partial charge in [-0.25, -0.2) is 0 Å². The second-order valence-corrected chi connectivity index (χ2v) is 7.60. The lowest BCUT2D eigenvalue weighted by molar-refractivity contribution is 0.104. The van der Waals surface area contributed by atoms with Crippen LogP contribution in [0.15, 0.2) is 103 Å². The van der Waals surface area contributed by atoms with Crippen molar-refractivity contribution >= 4 is 45.3 Å². The Morgan fingerprint density at radius 2 is 1.27 bits per heavy atom. The third kappa shape index (κ3) is 3.32. The molecule has 3 heteroatoms. The van der Waals surface area contributed by atoms with Crippen LogP contribution in [0.4, 0.5) is 0 Å². The Morgan fingerprint density at radius 1 is 0.700 bits per heavy atom. The number of aromatic nitrogens is 1. The van der Waals surface area contributed by atoms with E-state index in [4.69, 9.17) is 11.6 Å². The predicted molar refractivity (Wildman–Crippen MR) is 126 cm³/mol. The molecular weight excluding hydrogens is 390 g/mol. The van der Waals surface area contributed by atoms with Gasteiger partial charge in [0.25, 0.3) is 0 Å². The van der Waals surface area contributed by atoms with Crippen molar-refractivity contribution in [2.24, 2.45) is 0 Å². The van der Waals surface area contributed by atoms with Crippen LogP contribution in [-0.4, -0.2) is 10.4 Å². The summed E-state index contributed by atoms with van der Waals surface area (Å²) in [6.07, 6.45) is 3.44. The number of hydrogen-bond acceptors (Lipinski definition) is 1. The summed E-state index contributed by atoms with van der Waals surface area (Å²) in [4.78, 5) is 12.3. The average molecular weight is 408 g/mol. The standard InChI is InChI=1S/C27H18ClNO/c28-21-14-12-20(13-15-21)27(30)18-11-19-9-16-22(17-10-19)29-25-7-3-1-5-23(25)24-6-2-4-8-26(24)29/h1-18H. The van der Waals surface area contributed by atoms with Crippen LogP contribution in [0.3, 0.4) is 0 Å². The molecule has 5 rings (SSSR count). The number of rotatable bonds is 4. The van der Waals surface area contributed by atoms with E-state index in [9.17, 15) is 4.79 Å². The largest absolute Gasteiger partial charge is 0.309 e. The van der Waals surface area contributed by atoms with Gasteiger partial charge in [-0.1, -0.05) is 66.2 Å². The zero-order valence-corrected chi connectivity index (χ0v) is 16.9. The van der Waals surface area contributed by atoms with E-state index in [2.05, 4.69) is 65.2 Å². The molecule has 0 unspecified atom stereocenters. The van der Waals surface area contributed by atoms with E-state index in [0.717, 1.165) is 11.3 Å². The monoisotopic (exact) mass is 407 g/mol. The fourth-order valence-corrected chi connectivity index (χ4v) is 3.94. The van der Waals surface area contributed by atoms with E-state index in [-0.39, 0.29) is 5.78 Å². The second-order valence-electron chi connectivity index (χ2n) is 7.17. The molecule has 0 bridgehead atoms. The average Bonchev–Trinajstić information content (AvgIpc) is 3.13. The Labute approximate surface area is 179 Å². The number of carbonyl (C=O) groups excluding carboxylic acids is 1. The topological polar surface area (TPSA) is 22.0 Å². The van der Waals surface area contributed by atoms with Crippen molar-refractivity contribution in [3.05, 3.63) is 119 Å². The highest BCUT2D eigenvalue weighted by molar-refractivity contribution is 6.30. The summed E-state index contributed by atoms with van der Waals surface area (Å²) in [7, 11) is 0. The minimum Gasteiger partial charge on any atom is -0.309 e. The van der Waals surface area contributed by atoms with Gasteiger partial charge >= 0.3 is 0 Å². The van der Waals surface area contributed by atoms with Crippen molar-refractivity contribution in [3.8, 4) is 5.69 Å². The van der Waals surface area contributed by atoms with Gasteiger partial charge in [-0.05, 0) is 60.2 Å². The second kappa shape index (κ2) is 7.66. The number of benzene rings is 4. The number of fused-ring (bicyclic) bond motifs is 3. The van der Waals surface area contributed by atoms with E-state index in [1.807, 2.05) is 18.2 Å². The minimum absolute atomic E-state index is 0.0434. The number of carbonyl (C=O) groups is 1. The first kappa shape index (κ1) is 18.4. The first-order chi connectivity index (χ1) is 14.7. The SMILES string of the molecule is O=C(C=Cc1ccc(-n2c3ccccc3c3ccccc32)cc1)c1ccc(Cl)cc1. The Balaban J connectivity index is 1.48. The highest BCUT2D eigenvalue weighted by Crippen LogP contribution is 2.31. The number of hydrogen-bond donors (Lipinski definition) is 0. The lowest BCUT2D eigenvalue weighted by Crippen LogP contribution is -1.94. The Morgan fingerprint density at radius 3 is 1.87 bits per heavy atom. The number of nitrogens with zero attached hydrogens (tertiary/aromatic N) is 1. The van der Waals surface area contributed by atoms with Gasteiger partial charge < -0.3 is 4.57 Å². The van der Waals surface area contributed by atoms with Crippen LogP contribution in [0.5, 0.6) is 0 Å². The van der Waals surface area contributed by atoms with Gasteiger partial charge in [-0.15, -0.1) is 0 Å². The molecule has 2 nitrogen and oxygen atoms in total. The molecular formula is C27H18ClNO. The van der Waals surface area contributed by atoms with Crippen LogP contribution in [0.2, 0.25) is 5.02 Å². The molecule has 4 aromatic carbocycles. The summed E-state index contributed by atoms with van der Waals surface area (Å²) in [6.45, 7) is 0. The van der Waals surface area contributed by atoms with Gasteiger partial charge in [0.15, 0.2) is 5.78 Å². The third-order valence-electron chi connectivity index (χ3n) is 5.29. The first-order valence-corrected chi connectivity index (χ1v) is 10.2. The van der Waals surface area contributed by atoms with E-state index in [0.29, 0.717) is 10.6 Å². The number of allylic oxidation sites excluding steroid dienone is 1. The first-order valence-electron chi connectivity index (χ1n) is 9.77. The summed E-state index contributed by atoms with van der Waals surface area (Å²) in [6, 6.07) is 32.1. The van der Waals surface area contributed by atoms with Gasteiger partial charge in [-0.3, -0.25) is 4.79 Å². The van der Waals surface area contributed by atoms with E-state index in [1.165, 1.54) is 21.8 Å². The lowest BCUT2D eigenvalue weighted by atomic mass is 10.1. The lowest BCUT2D eigenvalue weighted by Gasteiger charge is -2.08. The highest BCUT2D eigenvalue weighted by Gasteiger charge is 2.10. The fourth-order valence-electron chi connectivity index (χ4n) is 3.82. The van der Waals surface area contributed by atoms with E-state index >= 15 is 0 Å².